The van der Waals surface area contributed by atoms with Gasteiger partial charge in [-0.25, -0.2) is 19.6 Å². The number of amides is 2. The molecule has 5 rings (SSSR count). The third-order valence-electron chi connectivity index (χ3n) is 6.52. The van der Waals surface area contributed by atoms with E-state index in [-0.39, 0.29) is 23.6 Å². The number of carbonyl (C=O) groups is 2. The number of ether oxygens (including phenoxy) is 1. The summed E-state index contributed by atoms with van der Waals surface area (Å²) in [6.45, 7) is 6.70. The molecule has 0 radical (unpaired) electrons. The summed E-state index contributed by atoms with van der Waals surface area (Å²) < 4.78 is 6.96. The lowest BCUT2D eigenvalue weighted by Gasteiger charge is -2.14. The fraction of sp³-hybridized carbons (Fsp3) is 0.194. The van der Waals surface area contributed by atoms with E-state index in [0.29, 0.717) is 29.8 Å². The van der Waals surface area contributed by atoms with E-state index in [0.717, 1.165) is 33.0 Å². The first-order valence-electron chi connectivity index (χ1n) is 13.3. The van der Waals surface area contributed by atoms with Gasteiger partial charge in [0.15, 0.2) is 0 Å². The topological polar surface area (TPSA) is 115 Å². The van der Waals surface area contributed by atoms with Gasteiger partial charge in [0.1, 0.15) is 16.4 Å². The van der Waals surface area contributed by atoms with Gasteiger partial charge in [-0.05, 0) is 44.5 Å². The number of pyridine rings is 2. The van der Waals surface area contributed by atoms with E-state index < -0.39 is 5.97 Å². The van der Waals surface area contributed by atoms with Crippen LogP contribution in [0.2, 0.25) is 0 Å². The molecular weight excluding hydrogens is 538 g/mol. The Morgan fingerprint density at radius 1 is 1.00 bits per heavy atom. The summed E-state index contributed by atoms with van der Waals surface area (Å²) in [5.74, 6) is -0.248. The van der Waals surface area contributed by atoms with E-state index in [1.165, 1.54) is 11.3 Å². The van der Waals surface area contributed by atoms with Crippen molar-refractivity contribution in [1.29, 1.82) is 0 Å². The van der Waals surface area contributed by atoms with Crippen LogP contribution in [-0.4, -0.2) is 39.7 Å². The summed E-state index contributed by atoms with van der Waals surface area (Å²) >= 11 is 1.49. The Balaban J connectivity index is 1.65. The minimum Gasteiger partial charge on any atom is -0.462 e. The normalized spacial score (nSPS) is 10.9. The Bertz CT molecular complexity index is 1800. The molecule has 5 aromatic rings. The Morgan fingerprint density at radius 2 is 1.80 bits per heavy atom. The maximum atomic E-state index is 13.2. The average Bonchev–Trinajstić information content (AvgIpc) is 3.48. The van der Waals surface area contributed by atoms with E-state index in [2.05, 4.69) is 15.6 Å². The molecule has 0 bridgehead atoms. The first kappa shape index (κ1) is 27.7. The molecule has 0 aliphatic heterocycles. The van der Waals surface area contributed by atoms with Gasteiger partial charge in [-0.3, -0.25) is 10.1 Å². The number of anilines is 1. The van der Waals surface area contributed by atoms with E-state index in [1.54, 1.807) is 31.5 Å². The number of fused-ring (bicyclic) bond motifs is 1. The van der Waals surface area contributed by atoms with Crippen molar-refractivity contribution in [3.05, 3.63) is 88.2 Å². The van der Waals surface area contributed by atoms with E-state index in [9.17, 15) is 14.4 Å². The molecule has 0 spiro atoms. The number of benzene rings is 2. The van der Waals surface area contributed by atoms with Gasteiger partial charge in [0.05, 0.1) is 17.8 Å². The van der Waals surface area contributed by atoms with E-state index in [4.69, 9.17) is 9.72 Å². The first-order valence-corrected chi connectivity index (χ1v) is 14.2. The highest BCUT2D eigenvalue weighted by Crippen LogP contribution is 2.37. The number of aryl methyl sites for hydroxylation is 1. The quantitative estimate of drug-likeness (QED) is 0.216. The standard InChI is InChI=1S/C31H29N5O4S/c1-4-32-31(39)35-27-15-22(29-34-25(18-41-29)19-10-8-7-9-11-19)23(16-33-27)20-12-13-21-26(14-20)36(5-2)17-24(28(21)37)30(38)40-6-3/h7-18H,4-6H2,1-3H3,(H2,32,33,35,39). The number of nitrogens with zero attached hydrogens (tertiary/aromatic N) is 3. The van der Waals surface area contributed by atoms with Crippen molar-refractivity contribution in [1.82, 2.24) is 19.9 Å². The first-order chi connectivity index (χ1) is 19.9. The Kier molecular flexibility index (Phi) is 8.21. The molecule has 208 valence electrons. The molecule has 0 unspecified atom stereocenters. The summed E-state index contributed by atoms with van der Waals surface area (Å²) in [6.07, 6.45) is 3.25. The second-order valence-corrected chi connectivity index (χ2v) is 9.97. The lowest BCUT2D eigenvalue weighted by molar-refractivity contribution is 0.0524. The molecule has 2 N–H and O–H groups in total. The number of nitrogens with one attached hydrogen (secondary N) is 2. The smallest absolute Gasteiger partial charge is 0.343 e. The van der Waals surface area contributed by atoms with Crippen LogP contribution in [-0.2, 0) is 11.3 Å². The zero-order valence-electron chi connectivity index (χ0n) is 22.9. The number of esters is 1. The average molecular weight is 568 g/mol. The molecule has 0 aliphatic carbocycles. The van der Waals surface area contributed by atoms with Crippen LogP contribution in [0.3, 0.4) is 0 Å². The SMILES string of the molecule is CCNC(=O)Nc1cc(-c2nc(-c3ccccc3)cs2)c(-c2ccc3c(=O)c(C(=O)OCC)cn(CC)c3c2)cn1. The zero-order chi connectivity index (χ0) is 28.9. The summed E-state index contributed by atoms with van der Waals surface area (Å²) in [4.78, 5) is 47.3. The fourth-order valence-electron chi connectivity index (χ4n) is 4.56. The molecule has 0 atom stereocenters. The minimum atomic E-state index is -0.634. The molecule has 10 heteroatoms. The van der Waals surface area contributed by atoms with Crippen LogP contribution in [0, 0.1) is 0 Å². The maximum absolute atomic E-state index is 13.2. The maximum Gasteiger partial charge on any atom is 0.343 e. The third kappa shape index (κ3) is 5.73. The molecule has 41 heavy (non-hydrogen) atoms. The predicted octanol–water partition coefficient (Wildman–Crippen LogP) is 6.19. The Labute approximate surface area is 240 Å². The minimum absolute atomic E-state index is 0.00770. The number of hydrogen-bond donors (Lipinski definition) is 2. The molecule has 2 amide bonds. The highest BCUT2D eigenvalue weighted by atomic mass is 32.1. The van der Waals surface area contributed by atoms with Crippen LogP contribution in [0.25, 0.3) is 43.9 Å². The van der Waals surface area contributed by atoms with Crippen molar-refractivity contribution < 1.29 is 14.3 Å². The molecule has 0 saturated heterocycles. The number of aromatic nitrogens is 3. The van der Waals surface area contributed by atoms with Gasteiger partial charge < -0.3 is 14.6 Å². The Morgan fingerprint density at radius 3 is 2.54 bits per heavy atom. The largest absolute Gasteiger partial charge is 0.462 e. The van der Waals surface area contributed by atoms with Crippen molar-refractivity contribution in [2.75, 3.05) is 18.5 Å². The monoisotopic (exact) mass is 567 g/mol. The van der Waals surface area contributed by atoms with E-state index >= 15 is 0 Å². The van der Waals surface area contributed by atoms with Gasteiger partial charge in [0.2, 0.25) is 5.43 Å². The summed E-state index contributed by atoms with van der Waals surface area (Å²) in [6, 6.07) is 16.8. The van der Waals surface area contributed by atoms with Crippen molar-refractivity contribution in [2.24, 2.45) is 0 Å². The van der Waals surface area contributed by atoms with Gasteiger partial charge in [-0.1, -0.05) is 36.4 Å². The number of carbonyl (C=O) groups excluding carboxylic acids is 2. The summed E-state index contributed by atoms with van der Waals surface area (Å²) in [5.41, 5.74) is 4.54. The van der Waals surface area contributed by atoms with Crippen molar-refractivity contribution in [3.63, 3.8) is 0 Å². The van der Waals surface area contributed by atoms with Gasteiger partial charge >= 0.3 is 12.0 Å². The summed E-state index contributed by atoms with van der Waals surface area (Å²) in [5, 5.41) is 8.67. The van der Waals surface area contributed by atoms with Crippen molar-refractivity contribution >= 4 is 40.1 Å². The van der Waals surface area contributed by atoms with Crippen molar-refractivity contribution in [3.8, 4) is 33.0 Å². The Hall–Kier alpha value is -4.83. The summed E-state index contributed by atoms with van der Waals surface area (Å²) in [7, 11) is 0. The molecule has 0 saturated carbocycles. The second-order valence-electron chi connectivity index (χ2n) is 9.11. The van der Waals surface area contributed by atoms with Crippen LogP contribution in [0.4, 0.5) is 10.6 Å². The number of hydrogen-bond acceptors (Lipinski definition) is 7. The van der Waals surface area contributed by atoms with Gasteiger partial charge in [-0.2, -0.15) is 0 Å². The number of thiazole rings is 1. The van der Waals surface area contributed by atoms with E-state index in [1.807, 2.05) is 66.3 Å². The van der Waals surface area contributed by atoms with Crippen LogP contribution in [0.15, 0.2) is 77.2 Å². The lowest BCUT2D eigenvalue weighted by atomic mass is 9.99. The highest BCUT2D eigenvalue weighted by Gasteiger charge is 2.19. The fourth-order valence-corrected chi connectivity index (χ4v) is 5.42. The number of urea groups is 1. The van der Waals surface area contributed by atoms with Crippen LogP contribution in [0.1, 0.15) is 31.1 Å². The van der Waals surface area contributed by atoms with Crippen LogP contribution in [0.5, 0.6) is 0 Å². The van der Waals surface area contributed by atoms with Crippen molar-refractivity contribution in [2.45, 2.75) is 27.3 Å². The second kappa shape index (κ2) is 12.1. The highest BCUT2D eigenvalue weighted by molar-refractivity contribution is 7.13. The molecule has 3 heterocycles. The van der Waals surface area contributed by atoms with Gasteiger partial charge in [-0.15, -0.1) is 11.3 Å². The van der Waals surface area contributed by atoms with Gasteiger partial charge in [0.25, 0.3) is 0 Å². The molecule has 3 aromatic heterocycles. The van der Waals surface area contributed by atoms with Crippen LogP contribution >= 0.6 is 11.3 Å². The van der Waals surface area contributed by atoms with Gasteiger partial charge in [0, 0.05) is 52.9 Å². The molecule has 0 aliphatic rings. The molecule has 0 fully saturated rings. The molecule has 9 nitrogen and oxygen atoms in total. The lowest BCUT2D eigenvalue weighted by Crippen LogP contribution is -2.28. The number of rotatable bonds is 8. The predicted molar refractivity (Wildman–Crippen MR) is 162 cm³/mol. The molecule has 2 aromatic carbocycles. The van der Waals surface area contributed by atoms with Crippen LogP contribution < -0.4 is 16.1 Å². The third-order valence-corrected chi connectivity index (χ3v) is 7.39. The molecular formula is C31H29N5O4S. The zero-order valence-corrected chi connectivity index (χ0v) is 23.7.